The molecule has 1 N–H and O–H groups in total. The lowest BCUT2D eigenvalue weighted by Gasteiger charge is -2.09. The average Bonchev–Trinajstić information content (AvgIpc) is 3.39. The summed E-state index contributed by atoms with van der Waals surface area (Å²) in [4.78, 5) is 12.5. The van der Waals surface area contributed by atoms with Gasteiger partial charge in [0.25, 0.3) is 5.91 Å². The van der Waals surface area contributed by atoms with E-state index in [-0.39, 0.29) is 18.1 Å². The molecular weight excluding hydrogens is 361 g/mol. The minimum Gasteiger partial charge on any atom is -0.489 e. The maximum Gasteiger partial charge on any atom is 0.291 e. The van der Waals surface area contributed by atoms with Gasteiger partial charge in [-0.25, -0.2) is 9.07 Å². The summed E-state index contributed by atoms with van der Waals surface area (Å²) < 4.78 is 26.7. The molecule has 0 bridgehead atoms. The number of carbonyl (C=O) groups is 1. The lowest BCUT2D eigenvalue weighted by atomic mass is 10.2. The first-order valence-electron chi connectivity index (χ1n) is 8.56. The van der Waals surface area contributed by atoms with Gasteiger partial charge in [0, 0.05) is 23.6 Å². The van der Waals surface area contributed by atoms with Gasteiger partial charge in [-0.1, -0.05) is 18.2 Å². The van der Waals surface area contributed by atoms with E-state index in [1.807, 2.05) is 30.3 Å². The van der Waals surface area contributed by atoms with Gasteiger partial charge in [-0.05, 0) is 42.5 Å². The van der Waals surface area contributed by atoms with Crippen molar-refractivity contribution in [3.8, 4) is 11.4 Å². The highest BCUT2D eigenvalue weighted by Crippen LogP contribution is 2.20. The number of para-hydroxylation sites is 1. The van der Waals surface area contributed by atoms with Crippen LogP contribution < -0.4 is 10.1 Å². The Morgan fingerprint density at radius 3 is 2.75 bits per heavy atom. The predicted molar refractivity (Wildman–Crippen MR) is 101 cm³/mol. The first-order chi connectivity index (χ1) is 13.7. The Balaban J connectivity index is 1.46. The first kappa shape index (κ1) is 17.5. The highest BCUT2D eigenvalue weighted by atomic mass is 19.1. The second-order valence-corrected chi connectivity index (χ2v) is 5.95. The molecular formula is C21H16FN3O3. The van der Waals surface area contributed by atoms with Gasteiger partial charge >= 0.3 is 0 Å². The summed E-state index contributed by atoms with van der Waals surface area (Å²) in [6, 6.07) is 17.0. The Labute approximate surface area is 160 Å². The number of carbonyl (C=O) groups excluding carboxylic acids is 1. The number of hydrogen-bond acceptors (Lipinski definition) is 4. The molecule has 140 valence electrons. The van der Waals surface area contributed by atoms with E-state index < -0.39 is 11.7 Å². The summed E-state index contributed by atoms with van der Waals surface area (Å²) in [7, 11) is 0. The Morgan fingerprint density at radius 2 is 2.00 bits per heavy atom. The summed E-state index contributed by atoms with van der Waals surface area (Å²) in [6.07, 6.45) is 4.61. The number of benzene rings is 2. The fourth-order valence-corrected chi connectivity index (χ4v) is 2.70. The van der Waals surface area contributed by atoms with Gasteiger partial charge < -0.3 is 14.5 Å². The second kappa shape index (κ2) is 7.79. The maximum absolute atomic E-state index is 14.3. The van der Waals surface area contributed by atoms with Crippen molar-refractivity contribution in [2.24, 2.45) is 0 Å². The fraction of sp³-hybridized carbons (Fsp3) is 0.0476. The zero-order chi connectivity index (χ0) is 19.3. The normalized spacial score (nSPS) is 10.6. The highest BCUT2D eigenvalue weighted by molar-refractivity contribution is 6.03. The number of anilines is 1. The van der Waals surface area contributed by atoms with E-state index in [1.54, 1.807) is 36.7 Å². The molecule has 7 heteroatoms. The number of halogens is 1. The van der Waals surface area contributed by atoms with E-state index in [2.05, 4.69) is 10.4 Å². The van der Waals surface area contributed by atoms with Crippen LogP contribution in [0.2, 0.25) is 0 Å². The van der Waals surface area contributed by atoms with Crippen LogP contribution in [0.5, 0.6) is 5.75 Å². The largest absolute Gasteiger partial charge is 0.489 e. The van der Waals surface area contributed by atoms with Crippen LogP contribution in [0.4, 0.5) is 10.1 Å². The minimum atomic E-state index is -0.506. The van der Waals surface area contributed by atoms with Crippen molar-refractivity contribution < 1.29 is 18.3 Å². The molecule has 1 amide bonds. The summed E-state index contributed by atoms with van der Waals surface area (Å²) in [5, 5.41) is 6.63. The molecule has 28 heavy (non-hydrogen) atoms. The van der Waals surface area contributed by atoms with Crippen molar-refractivity contribution in [3.05, 3.63) is 96.5 Å². The summed E-state index contributed by atoms with van der Waals surface area (Å²) in [5.41, 5.74) is 1.19. The first-order valence-corrected chi connectivity index (χ1v) is 8.56. The molecule has 0 spiro atoms. The van der Waals surface area contributed by atoms with Crippen molar-refractivity contribution in [3.63, 3.8) is 0 Å². The van der Waals surface area contributed by atoms with Crippen LogP contribution in [0.15, 0.2) is 83.7 Å². The number of furan rings is 1. The molecule has 2 heterocycles. The third kappa shape index (κ3) is 3.78. The zero-order valence-corrected chi connectivity index (χ0v) is 14.7. The topological polar surface area (TPSA) is 69.3 Å². The minimum absolute atomic E-state index is 0.118. The standard InChI is InChI=1S/C21H16FN3O3/c22-18-13-16(7-8-19(18)25-11-4-10-23-25)24-21(26)20-15(9-12-27-20)14-28-17-5-2-1-3-6-17/h1-13H,14H2,(H,24,26). The Kier molecular flexibility index (Phi) is 4.88. The zero-order valence-electron chi connectivity index (χ0n) is 14.7. The Bertz CT molecular complexity index is 1080. The van der Waals surface area contributed by atoms with Gasteiger partial charge in [-0.3, -0.25) is 4.79 Å². The van der Waals surface area contributed by atoms with Crippen LogP contribution in [-0.2, 0) is 6.61 Å². The monoisotopic (exact) mass is 377 g/mol. The van der Waals surface area contributed by atoms with Crippen LogP contribution in [0.1, 0.15) is 16.1 Å². The van der Waals surface area contributed by atoms with Crippen molar-refractivity contribution in [2.45, 2.75) is 6.61 Å². The molecule has 0 saturated heterocycles. The lowest BCUT2D eigenvalue weighted by molar-refractivity contribution is 0.0993. The Morgan fingerprint density at radius 1 is 1.14 bits per heavy atom. The van der Waals surface area contributed by atoms with Gasteiger partial charge in [0.15, 0.2) is 11.6 Å². The summed E-state index contributed by atoms with van der Waals surface area (Å²) in [5.74, 6) is -0.185. The molecule has 0 fully saturated rings. The van der Waals surface area contributed by atoms with Crippen LogP contribution >= 0.6 is 0 Å². The maximum atomic E-state index is 14.3. The van der Waals surface area contributed by atoms with Crippen LogP contribution in [0.25, 0.3) is 5.69 Å². The molecule has 0 unspecified atom stereocenters. The quantitative estimate of drug-likeness (QED) is 0.539. The van der Waals surface area contributed by atoms with Gasteiger partial charge in [0.1, 0.15) is 18.0 Å². The van der Waals surface area contributed by atoms with E-state index in [1.165, 1.54) is 17.0 Å². The number of aromatic nitrogens is 2. The third-order valence-electron chi connectivity index (χ3n) is 4.05. The fourth-order valence-electron chi connectivity index (χ4n) is 2.70. The van der Waals surface area contributed by atoms with Gasteiger partial charge in [0.2, 0.25) is 0 Å². The molecule has 0 radical (unpaired) electrons. The van der Waals surface area contributed by atoms with Crippen LogP contribution in [-0.4, -0.2) is 15.7 Å². The van der Waals surface area contributed by atoms with Crippen molar-refractivity contribution in [1.82, 2.24) is 9.78 Å². The predicted octanol–water partition coefficient (Wildman–Crippen LogP) is 4.44. The smallest absolute Gasteiger partial charge is 0.291 e. The number of amides is 1. The SMILES string of the molecule is O=C(Nc1ccc(-n2cccn2)c(F)c1)c1occc1COc1ccccc1. The molecule has 0 aliphatic heterocycles. The van der Waals surface area contributed by atoms with Gasteiger partial charge in [0.05, 0.1) is 6.26 Å². The second-order valence-electron chi connectivity index (χ2n) is 5.95. The molecule has 0 saturated carbocycles. The third-order valence-corrected chi connectivity index (χ3v) is 4.05. The molecule has 0 atom stereocenters. The molecule has 4 rings (SSSR count). The molecule has 2 aromatic heterocycles. The molecule has 6 nitrogen and oxygen atoms in total. The van der Waals surface area contributed by atoms with Crippen LogP contribution in [0.3, 0.4) is 0 Å². The van der Waals surface area contributed by atoms with Crippen molar-refractivity contribution in [1.29, 1.82) is 0 Å². The number of nitrogens with zero attached hydrogens (tertiary/aromatic N) is 2. The van der Waals surface area contributed by atoms with E-state index in [4.69, 9.17) is 9.15 Å². The van der Waals surface area contributed by atoms with Gasteiger partial charge in [-0.2, -0.15) is 5.10 Å². The summed E-state index contributed by atoms with van der Waals surface area (Å²) in [6.45, 7) is 0.176. The number of hydrogen-bond donors (Lipinski definition) is 1. The number of nitrogens with one attached hydrogen (secondary N) is 1. The van der Waals surface area contributed by atoms with E-state index in [0.717, 1.165) is 0 Å². The van der Waals surface area contributed by atoms with Crippen molar-refractivity contribution >= 4 is 11.6 Å². The van der Waals surface area contributed by atoms with E-state index in [9.17, 15) is 9.18 Å². The summed E-state index contributed by atoms with van der Waals surface area (Å²) >= 11 is 0. The number of ether oxygens (including phenoxy) is 1. The average molecular weight is 377 g/mol. The van der Waals surface area contributed by atoms with E-state index >= 15 is 0 Å². The molecule has 0 aliphatic carbocycles. The highest BCUT2D eigenvalue weighted by Gasteiger charge is 2.17. The molecule has 4 aromatic rings. The Hall–Kier alpha value is -3.87. The number of rotatable bonds is 6. The molecule has 0 aliphatic rings. The molecule has 2 aromatic carbocycles. The van der Waals surface area contributed by atoms with Crippen molar-refractivity contribution in [2.75, 3.05) is 5.32 Å². The lowest BCUT2D eigenvalue weighted by Crippen LogP contribution is -2.14. The van der Waals surface area contributed by atoms with E-state index in [0.29, 0.717) is 17.0 Å². The van der Waals surface area contributed by atoms with Crippen LogP contribution in [0, 0.1) is 5.82 Å². The van der Waals surface area contributed by atoms with Gasteiger partial charge in [-0.15, -0.1) is 0 Å².